The number of nitrogens with one attached hydrogen (secondary N) is 4. The van der Waals surface area contributed by atoms with Crippen LogP contribution in [0.15, 0.2) is 12.2 Å². The minimum absolute atomic E-state index is 0.180. The average molecular weight is 543 g/mol. The van der Waals surface area contributed by atoms with Crippen LogP contribution in [0.1, 0.15) is 53.9 Å². The Hall–Kier alpha value is -2.21. The fourth-order valence-electron chi connectivity index (χ4n) is 3.68. The smallest absolute Gasteiger partial charge is 0.329 e. The zero-order chi connectivity index (χ0) is 26.8. The molecule has 36 heavy (non-hydrogen) atoms. The summed E-state index contributed by atoms with van der Waals surface area (Å²) in [6.45, 7) is 8.88. The molecule has 2 heterocycles. The van der Waals surface area contributed by atoms with Gasteiger partial charge in [-0.15, -0.1) is 0 Å². The van der Waals surface area contributed by atoms with E-state index < -0.39 is 59.9 Å². The summed E-state index contributed by atoms with van der Waals surface area (Å²) in [7, 11) is 2.98. The van der Waals surface area contributed by atoms with Gasteiger partial charge in [0.05, 0.1) is 6.42 Å². The van der Waals surface area contributed by atoms with Crippen molar-refractivity contribution in [1.29, 1.82) is 0 Å². The molecule has 5 unspecified atom stereocenters. The first-order chi connectivity index (χ1) is 17.0. The van der Waals surface area contributed by atoms with Gasteiger partial charge in [0, 0.05) is 11.5 Å². The van der Waals surface area contributed by atoms with Crippen LogP contribution in [0.5, 0.6) is 0 Å². The normalized spacial score (nSPS) is 30.5. The topological polar surface area (TPSA) is 143 Å². The number of carbonyl (C=O) groups is 5. The number of hydrogen-bond acceptors (Lipinski definition) is 8. The Morgan fingerprint density at radius 2 is 1.58 bits per heavy atom. The molecule has 0 aromatic heterocycles. The van der Waals surface area contributed by atoms with Gasteiger partial charge in [0.15, 0.2) is 0 Å². The van der Waals surface area contributed by atoms with E-state index in [0.29, 0.717) is 6.42 Å². The van der Waals surface area contributed by atoms with Gasteiger partial charge in [-0.2, -0.15) is 0 Å². The van der Waals surface area contributed by atoms with E-state index in [9.17, 15) is 24.0 Å². The highest BCUT2D eigenvalue weighted by Crippen LogP contribution is 2.24. The summed E-state index contributed by atoms with van der Waals surface area (Å²) in [6, 6.07) is -3.67. The van der Waals surface area contributed by atoms with E-state index in [2.05, 4.69) is 21.3 Å². The van der Waals surface area contributed by atoms with Crippen LogP contribution in [-0.4, -0.2) is 71.4 Å². The third kappa shape index (κ3) is 9.02. The Labute approximate surface area is 220 Å². The van der Waals surface area contributed by atoms with Gasteiger partial charge in [-0.1, -0.05) is 62.3 Å². The third-order valence-corrected chi connectivity index (χ3v) is 8.30. The number of rotatable bonds is 3. The molecule has 12 heteroatoms. The minimum atomic E-state index is -0.962. The second-order valence-corrected chi connectivity index (χ2v) is 12.2. The maximum atomic E-state index is 13.2. The molecule has 0 spiro atoms. The van der Waals surface area contributed by atoms with E-state index >= 15 is 0 Å². The summed E-state index contributed by atoms with van der Waals surface area (Å²) in [5, 5.41) is 10.9. The summed E-state index contributed by atoms with van der Waals surface area (Å²) in [4.78, 5) is 65.3. The maximum absolute atomic E-state index is 13.2. The highest BCUT2D eigenvalue weighted by molar-refractivity contribution is 8.76. The molecule has 1 saturated heterocycles. The van der Waals surface area contributed by atoms with Crippen molar-refractivity contribution < 1.29 is 28.7 Å². The molecule has 2 rings (SSSR count). The Balaban J connectivity index is 2.53. The predicted molar refractivity (Wildman–Crippen MR) is 141 cm³/mol. The average Bonchev–Trinajstić information content (AvgIpc) is 2.81. The molecule has 202 valence electrons. The largest absolute Gasteiger partial charge is 0.456 e. The standard InChI is InChI=1S/C24H38N4O6S2/c1-6-16-21(30)28-20(14(4)5)24(33)34-15-9-7-8-10-35-36-12-17(22(31)25-16)26-23(32)19(13(2)3)27-18(29)11-15/h7,9,13-17,19-20H,6,8,10-12H2,1-5H3,(H,25,31)(H,26,32)(H,27,29)(H,28,30)/b9-7+. The van der Waals surface area contributed by atoms with Gasteiger partial charge in [-0.05, 0) is 30.8 Å². The second kappa shape index (κ2) is 14.5. The number of esters is 1. The maximum Gasteiger partial charge on any atom is 0.329 e. The lowest BCUT2D eigenvalue weighted by molar-refractivity contribution is -0.153. The number of fused-ring (bicyclic) bond motifs is 7. The van der Waals surface area contributed by atoms with Gasteiger partial charge in [0.1, 0.15) is 30.3 Å². The van der Waals surface area contributed by atoms with Crippen molar-refractivity contribution in [2.75, 3.05) is 11.5 Å². The van der Waals surface area contributed by atoms with E-state index in [0.717, 1.165) is 5.75 Å². The van der Waals surface area contributed by atoms with Crippen molar-refractivity contribution in [2.45, 2.75) is 84.2 Å². The van der Waals surface area contributed by atoms with Crippen LogP contribution < -0.4 is 21.3 Å². The Bertz CT molecular complexity index is 850. The molecular formula is C24H38N4O6S2. The monoisotopic (exact) mass is 542 g/mol. The van der Waals surface area contributed by atoms with Gasteiger partial charge in [-0.3, -0.25) is 19.2 Å². The molecule has 0 aliphatic carbocycles. The highest BCUT2D eigenvalue weighted by Gasteiger charge is 2.34. The van der Waals surface area contributed by atoms with Crippen molar-refractivity contribution in [2.24, 2.45) is 11.8 Å². The molecule has 0 aromatic rings. The Morgan fingerprint density at radius 3 is 2.22 bits per heavy atom. The summed E-state index contributed by atoms with van der Waals surface area (Å²) in [6.07, 6.45) is 3.42. The van der Waals surface area contributed by atoms with Crippen LogP contribution >= 0.6 is 21.6 Å². The molecule has 2 aliphatic rings. The predicted octanol–water partition coefficient (Wildman–Crippen LogP) is 1.30. The summed E-state index contributed by atoms with van der Waals surface area (Å²) in [5.41, 5.74) is 0. The zero-order valence-corrected chi connectivity index (χ0v) is 23.1. The van der Waals surface area contributed by atoms with Crippen LogP contribution in [0.4, 0.5) is 0 Å². The van der Waals surface area contributed by atoms with E-state index in [1.54, 1.807) is 51.5 Å². The molecular weight excluding hydrogens is 504 g/mol. The fraction of sp³-hybridized carbons (Fsp3) is 0.708. The molecule has 2 bridgehead atoms. The Kier molecular flexibility index (Phi) is 12.1. The number of ether oxygens (including phenoxy) is 1. The third-order valence-electron chi connectivity index (χ3n) is 5.85. The molecule has 10 nitrogen and oxygen atoms in total. The lowest BCUT2D eigenvalue weighted by atomic mass is 10.0. The lowest BCUT2D eigenvalue weighted by Crippen LogP contribution is -2.59. The van der Waals surface area contributed by atoms with Crippen LogP contribution in [0, 0.1) is 11.8 Å². The molecule has 0 radical (unpaired) electrons. The Morgan fingerprint density at radius 1 is 0.889 bits per heavy atom. The first kappa shape index (κ1) is 30.0. The van der Waals surface area contributed by atoms with E-state index in [1.807, 2.05) is 6.08 Å². The van der Waals surface area contributed by atoms with E-state index in [-0.39, 0.29) is 30.4 Å². The summed E-state index contributed by atoms with van der Waals surface area (Å²) < 4.78 is 5.67. The van der Waals surface area contributed by atoms with Gasteiger partial charge in [0.2, 0.25) is 23.6 Å². The number of amides is 4. The molecule has 5 atom stereocenters. The zero-order valence-electron chi connectivity index (χ0n) is 21.5. The number of hydrogen-bond donors (Lipinski definition) is 4. The molecule has 2 aliphatic heterocycles. The van der Waals surface area contributed by atoms with E-state index in [1.165, 1.54) is 10.8 Å². The number of allylic oxidation sites excluding steroid dienone is 1. The van der Waals surface area contributed by atoms with Crippen molar-refractivity contribution >= 4 is 51.2 Å². The molecule has 4 amide bonds. The summed E-state index contributed by atoms with van der Waals surface area (Å²) >= 11 is 0. The second-order valence-electron chi connectivity index (χ2n) is 9.55. The van der Waals surface area contributed by atoms with Crippen LogP contribution in [-0.2, 0) is 28.7 Å². The van der Waals surface area contributed by atoms with E-state index in [4.69, 9.17) is 4.74 Å². The minimum Gasteiger partial charge on any atom is -0.456 e. The van der Waals surface area contributed by atoms with Crippen molar-refractivity contribution in [3.05, 3.63) is 12.2 Å². The first-order valence-electron chi connectivity index (χ1n) is 12.4. The molecule has 0 aromatic carbocycles. The van der Waals surface area contributed by atoms with Crippen LogP contribution in [0.2, 0.25) is 0 Å². The quantitative estimate of drug-likeness (QED) is 0.238. The molecule has 1 fully saturated rings. The fourth-order valence-corrected chi connectivity index (χ4v) is 5.84. The molecule has 0 saturated carbocycles. The highest BCUT2D eigenvalue weighted by atomic mass is 33.1. The van der Waals surface area contributed by atoms with Crippen LogP contribution in [0.3, 0.4) is 0 Å². The van der Waals surface area contributed by atoms with Gasteiger partial charge < -0.3 is 26.0 Å². The summed E-state index contributed by atoms with van der Waals surface area (Å²) in [5.74, 6) is -2.20. The molecule has 4 N–H and O–H groups in total. The first-order valence-corrected chi connectivity index (χ1v) is 14.8. The number of carbonyl (C=O) groups excluding carboxylic acids is 5. The van der Waals surface area contributed by atoms with Crippen molar-refractivity contribution in [1.82, 2.24) is 21.3 Å². The van der Waals surface area contributed by atoms with Crippen LogP contribution in [0.25, 0.3) is 0 Å². The lowest BCUT2D eigenvalue weighted by Gasteiger charge is -2.29. The van der Waals surface area contributed by atoms with Crippen molar-refractivity contribution in [3.8, 4) is 0 Å². The van der Waals surface area contributed by atoms with Gasteiger partial charge >= 0.3 is 5.97 Å². The SMILES string of the molecule is CCC1NC(=O)C2CSSCC/C=C/C(CC(=O)NC(C(C)C)C(=O)N2)OC(=O)C(C(C)C)NC1=O. The van der Waals surface area contributed by atoms with Gasteiger partial charge in [0.25, 0.3) is 0 Å². The van der Waals surface area contributed by atoms with Crippen molar-refractivity contribution in [3.63, 3.8) is 0 Å². The van der Waals surface area contributed by atoms with Gasteiger partial charge in [-0.25, -0.2) is 4.79 Å².